The fourth-order valence-electron chi connectivity index (χ4n) is 3.02. The third-order valence-corrected chi connectivity index (χ3v) is 5.43. The van der Waals surface area contributed by atoms with Crippen LogP contribution in [0.2, 0.25) is 0 Å². The number of hydrogen-bond donors (Lipinski definition) is 3. The summed E-state index contributed by atoms with van der Waals surface area (Å²) < 4.78 is 14.9. The number of aryl methyl sites for hydroxylation is 1. The lowest BCUT2D eigenvalue weighted by Gasteiger charge is -2.07. The number of nitrogens with zero attached hydrogens (tertiary/aromatic N) is 3. The Bertz CT molecular complexity index is 1250. The van der Waals surface area contributed by atoms with E-state index in [9.17, 15) is 14.0 Å². The van der Waals surface area contributed by atoms with Crippen LogP contribution in [0.1, 0.15) is 22.6 Å². The minimum Gasteiger partial charge on any atom is -0.350 e. The van der Waals surface area contributed by atoms with Gasteiger partial charge >= 0.3 is 0 Å². The van der Waals surface area contributed by atoms with Crippen LogP contribution in [0.4, 0.5) is 16.0 Å². The second kappa shape index (κ2) is 8.46. The van der Waals surface area contributed by atoms with Crippen LogP contribution in [0.15, 0.2) is 46.6 Å². The average molecular weight is 426 g/mol. The number of carbonyl (C=O) groups excluding carboxylic acids is 1. The number of hydrogen-bond acceptors (Lipinski definition) is 6. The molecule has 3 aromatic heterocycles. The van der Waals surface area contributed by atoms with Gasteiger partial charge in [0.1, 0.15) is 5.82 Å². The molecule has 0 atom stereocenters. The fourth-order valence-corrected chi connectivity index (χ4v) is 3.66. The van der Waals surface area contributed by atoms with Crippen molar-refractivity contribution in [2.75, 3.05) is 10.6 Å². The van der Waals surface area contributed by atoms with Crippen molar-refractivity contribution in [3.05, 3.63) is 74.1 Å². The first kappa shape index (κ1) is 19.8. The molecular formula is C20H19FN6O2S. The van der Waals surface area contributed by atoms with Crippen molar-refractivity contribution < 1.29 is 9.18 Å². The first-order valence-corrected chi connectivity index (χ1v) is 10.2. The molecule has 0 saturated carbocycles. The molecule has 0 radical (unpaired) electrons. The molecule has 0 aliphatic rings. The molecule has 4 aromatic rings. The summed E-state index contributed by atoms with van der Waals surface area (Å²) >= 11 is 1.62. The zero-order valence-corrected chi connectivity index (χ0v) is 16.9. The monoisotopic (exact) mass is 426 g/mol. The van der Waals surface area contributed by atoms with E-state index in [4.69, 9.17) is 0 Å². The van der Waals surface area contributed by atoms with Crippen molar-refractivity contribution in [1.29, 1.82) is 0 Å². The lowest BCUT2D eigenvalue weighted by atomic mass is 10.1. The summed E-state index contributed by atoms with van der Waals surface area (Å²) in [6.45, 7) is 2.28. The predicted octanol–water partition coefficient (Wildman–Crippen LogP) is 3.11. The molecular weight excluding hydrogens is 407 g/mol. The number of H-pyrrole nitrogens is 1. The number of para-hydroxylation sites is 1. The first-order chi connectivity index (χ1) is 14.5. The van der Waals surface area contributed by atoms with Crippen molar-refractivity contribution in [2.24, 2.45) is 0 Å². The number of rotatable bonds is 7. The number of fused-ring (bicyclic) bond motifs is 1. The predicted molar refractivity (Wildman–Crippen MR) is 113 cm³/mol. The van der Waals surface area contributed by atoms with Gasteiger partial charge in [-0.05, 0) is 36.9 Å². The highest BCUT2D eigenvalue weighted by Gasteiger charge is 2.15. The molecule has 0 bridgehead atoms. The van der Waals surface area contributed by atoms with Crippen LogP contribution in [0.5, 0.6) is 0 Å². The second-order valence-electron chi connectivity index (χ2n) is 6.65. The van der Waals surface area contributed by atoms with E-state index in [0.717, 1.165) is 4.88 Å². The van der Waals surface area contributed by atoms with E-state index >= 15 is 0 Å². The van der Waals surface area contributed by atoms with Crippen molar-refractivity contribution in [3.63, 3.8) is 0 Å². The van der Waals surface area contributed by atoms with Gasteiger partial charge in [0, 0.05) is 16.9 Å². The van der Waals surface area contributed by atoms with Gasteiger partial charge in [0.2, 0.25) is 11.9 Å². The second-order valence-corrected chi connectivity index (χ2v) is 7.68. The maximum absolute atomic E-state index is 13.7. The zero-order chi connectivity index (χ0) is 21.1. The number of benzene rings is 1. The Labute approximate surface area is 174 Å². The molecule has 154 valence electrons. The minimum absolute atomic E-state index is 0.0236. The third-order valence-electron chi connectivity index (χ3n) is 4.56. The molecule has 4 rings (SSSR count). The molecule has 0 saturated heterocycles. The topological polar surface area (TPSA) is 104 Å². The number of nitrogens with one attached hydrogen (secondary N) is 3. The number of anilines is 2. The number of aromatic nitrogens is 4. The standard InChI is InChI=1S/C20H19FN6O2S/c1-12-14(8-9-17(28)24-16-7-3-2-6-15(16)21)18(29)27-20(23-12)25-19(26-27)22-11-13-5-4-10-30-13/h2-7,10H,8-9,11H2,1H3,(H,24,28)(H2,22,23,25,26). The van der Waals surface area contributed by atoms with Crippen molar-refractivity contribution >= 4 is 34.7 Å². The molecule has 0 fully saturated rings. The lowest BCUT2D eigenvalue weighted by molar-refractivity contribution is -0.116. The van der Waals surface area contributed by atoms with Gasteiger partial charge in [-0.3, -0.25) is 14.7 Å². The van der Waals surface area contributed by atoms with Gasteiger partial charge in [-0.25, -0.2) is 9.37 Å². The molecule has 0 unspecified atom stereocenters. The SMILES string of the molecule is Cc1nc2nc(NCc3cccs3)[nH]n2c(=O)c1CCC(=O)Nc1ccccc1F. The highest BCUT2D eigenvalue weighted by molar-refractivity contribution is 7.09. The third kappa shape index (κ3) is 4.23. The smallest absolute Gasteiger partial charge is 0.277 e. The summed E-state index contributed by atoms with van der Waals surface area (Å²) in [6, 6.07) is 9.89. The van der Waals surface area contributed by atoms with E-state index in [1.807, 2.05) is 17.5 Å². The van der Waals surface area contributed by atoms with E-state index < -0.39 is 5.82 Å². The highest BCUT2D eigenvalue weighted by Crippen LogP contribution is 2.14. The number of halogens is 1. The van der Waals surface area contributed by atoms with Gasteiger partial charge in [0.25, 0.3) is 11.3 Å². The van der Waals surface area contributed by atoms with Gasteiger partial charge in [0.15, 0.2) is 0 Å². The summed E-state index contributed by atoms with van der Waals surface area (Å²) in [5, 5.41) is 10.5. The largest absolute Gasteiger partial charge is 0.350 e. The van der Waals surface area contributed by atoms with Crippen LogP contribution in [0.3, 0.4) is 0 Å². The molecule has 0 spiro atoms. The van der Waals surface area contributed by atoms with Crippen LogP contribution < -0.4 is 16.2 Å². The van der Waals surface area contributed by atoms with Gasteiger partial charge in [-0.1, -0.05) is 18.2 Å². The van der Waals surface area contributed by atoms with Crippen LogP contribution in [-0.4, -0.2) is 25.5 Å². The van der Waals surface area contributed by atoms with Crippen LogP contribution in [-0.2, 0) is 17.8 Å². The van der Waals surface area contributed by atoms with E-state index in [0.29, 0.717) is 23.8 Å². The number of carbonyl (C=O) groups is 1. The molecule has 3 heterocycles. The van der Waals surface area contributed by atoms with Crippen molar-refractivity contribution in [2.45, 2.75) is 26.3 Å². The Morgan fingerprint density at radius 2 is 2.07 bits per heavy atom. The van der Waals surface area contributed by atoms with Gasteiger partial charge in [-0.2, -0.15) is 9.50 Å². The Balaban J connectivity index is 1.47. The van der Waals surface area contributed by atoms with E-state index in [2.05, 4.69) is 25.7 Å². The molecule has 0 aliphatic heterocycles. The molecule has 1 amide bonds. The average Bonchev–Trinajstić information content (AvgIpc) is 3.37. The summed E-state index contributed by atoms with van der Waals surface area (Å²) in [5.41, 5.74) is 0.715. The van der Waals surface area contributed by atoms with Crippen LogP contribution >= 0.6 is 11.3 Å². The van der Waals surface area contributed by atoms with Crippen LogP contribution in [0, 0.1) is 12.7 Å². The van der Waals surface area contributed by atoms with Crippen molar-refractivity contribution in [1.82, 2.24) is 19.6 Å². The number of thiophene rings is 1. The normalized spacial score (nSPS) is 11.0. The van der Waals surface area contributed by atoms with E-state index in [1.54, 1.807) is 30.4 Å². The van der Waals surface area contributed by atoms with Crippen LogP contribution in [0.25, 0.3) is 5.78 Å². The summed E-state index contributed by atoms with van der Waals surface area (Å²) in [5.74, 6) is -0.204. The van der Waals surface area contributed by atoms with E-state index in [-0.39, 0.29) is 35.8 Å². The van der Waals surface area contributed by atoms with Crippen molar-refractivity contribution in [3.8, 4) is 0 Å². The summed E-state index contributed by atoms with van der Waals surface area (Å²) in [6.07, 6.45) is 0.202. The Hall–Kier alpha value is -3.53. The van der Waals surface area contributed by atoms with Gasteiger partial charge in [-0.15, -0.1) is 11.3 Å². The fraction of sp³-hybridized carbons (Fsp3) is 0.200. The molecule has 1 aromatic carbocycles. The zero-order valence-electron chi connectivity index (χ0n) is 16.1. The minimum atomic E-state index is -0.509. The summed E-state index contributed by atoms with van der Waals surface area (Å²) in [4.78, 5) is 34.9. The van der Waals surface area contributed by atoms with Gasteiger partial charge in [0.05, 0.1) is 17.9 Å². The molecule has 10 heteroatoms. The summed E-state index contributed by atoms with van der Waals surface area (Å²) in [7, 11) is 0. The molecule has 30 heavy (non-hydrogen) atoms. The number of amides is 1. The molecule has 3 N–H and O–H groups in total. The Kier molecular flexibility index (Phi) is 5.57. The molecule has 0 aliphatic carbocycles. The Morgan fingerprint density at radius 3 is 2.83 bits per heavy atom. The van der Waals surface area contributed by atoms with E-state index in [1.165, 1.54) is 16.6 Å². The molecule has 8 nitrogen and oxygen atoms in total. The van der Waals surface area contributed by atoms with Gasteiger partial charge < -0.3 is 10.6 Å². The quantitative estimate of drug-likeness (QED) is 0.421. The highest BCUT2D eigenvalue weighted by atomic mass is 32.1. The number of aromatic amines is 1. The maximum Gasteiger partial charge on any atom is 0.277 e. The lowest BCUT2D eigenvalue weighted by Crippen LogP contribution is -2.23. The Morgan fingerprint density at radius 1 is 1.23 bits per heavy atom. The first-order valence-electron chi connectivity index (χ1n) is 9.30. The maximum atomic E-state index is 13.7.